The largest absolute Gasteiger partial charge is 0.424 e. The second kappa shape index (κ2) is 5.41. The number of nitrogens with one attached hydrogen (secondary N) is 1. The van der Waals surface area contributed by atoms with Gasteiger partial charge in [0.25, 0.3) is 0 Å². The molecule has 2 atom stereocenters. The molecule has 1 aromatic rings. The van der Waals surface area contributed by atoms with Gasteiger partial charge < -0.3 is 14.8 Å². The molecule has 2 N–H and O–H groups in total. The van der Waals surface area contributed by atoms with E-state index in [9.17, 15) is 5.11 Å². The molecule has 0 bridgehead atoms. The number of nitrogens with zero attached hydrogens (tertiary/aromatic N) is 2. The normalized spacial score (nSPS) is 25.9. The molecule has 0 amide bonds. The first kappa shape index (κ1) is 11.5. The molecule has 0 aliphatic heterocycles. The minimum absolute atomic E-state index is 0.105. The Morgan fingerprint density at radius 2 is 2.31 bits per heavy atom. The zero-order valence-corrected chi connectivity index (χ0v) is 9.65. The van der Waals surface area contributed by atoms with Crippen LogP contribution in [0.1, 0.15) is 37.5 Å². The lowest BCUT2D eigenvalue weighted by Crippen LogP contribution is -2.28. The SMILES string of the molecule is Cc1nnc(CNCC2CCCC(O)C2)o1. The van der Waals surface area contributed by atoms with E-state index >= 15 is 0 Å². The Labute approximate surface area is 95.3 Å². The lowest BCUT2D eigenvalue weighted by molar-refractivity contribution is 0.100. The first-order chi connectivity index (χ1) is 7.74. The van der Waals surface area contributed by atoms with Crippen LogP contribution in [0.5, 0.6) is 0 Å². The highest BCUT2D eigenvalue weighted by molar-refractivity contribution is 4.79. The van der Waals surface area contributed by atoms with E-state index in [0.29, 0.717) is 24.2 Å². The van der Waals surface area contributed by atoms with Crippen LogP contribution in [0.25, 0.3) is 0 Å². The smallest absolute Gasteiger partial charge is 0.230 e. The molecule has 1 fully saturated rings. The summed E-state index contributed by atoms with van der Waals surface area (Å²) in [4.78, 5) is 0. The van der Waals surface area contributed by atoms with Gasteiger partial charge in [-0.2, -0.15) is 0 Å². The van der Waals surface area contributed by atoms with Crippen LogP contribution in [0.4, 0.5) is 0 Å². The van der Waals surface area contributed by atoms with Crippen molar-refractivity contribution in [3.8, 4) is 0 Å². The number of aryl methyl sites for hydroxylation is 1. The van der Waals surface area contributed by atoms with E-state index in [1.807, 2.05) is 0 Å². The molecule has 5 heteroatoms. The predicted molar refractivity (Wildman–Crippen MR) is 58.7 cm³/mol. The number of rotatable bonds is 4. The summed E-state index contributed by atoms with van der Waals surface area (Å²) < 4.78 is 5.26. The van der Waals surface area contributed by atoms with Crippen LogP contribution in [0.15, 0.2) is 4.42 Å². The molecule has 1 heterocycles. The molecular formula is C11H19N3O2. The quantitative estimate of drug-likeness (QED) is 0.800. The van der Waals surface area contributed by atoms with Gasteiger partial charge in [0.05, 0.1) is 12.6 Å². The summed E-state index contributed by atoms with van der Waals surface area (Å²) in [5.74, 6) is 1.81. The third-order valence-electron chi connectivity index (χ3n) is 3.03. The lowest BCUT2D eigenvalue weighted by Gasteiger charge is -2.25. The minimum atomic E-state index is -0.105. The highest BCUT2D eigenvalue weighted by atomic mass is 16.4. The van der Waals surface area contributed by atoms with E-state index in [0.717, 1.165) is 25.8 Å². The molecule has 2 rings (SSSR count). The Hall–Kier alpha value is -0.940. The molecule has 1 aliphatic carbocycles. The minimum Gasteiger partial charge on any atom is -0.424 e. The van der Waals surface area contributed by atoms with Gasteiger partial charge in [0.15, 0.2) is 0 Å². The summed E-state index contributed by atoms with van der Waals surface area (Å²) in [6, 6.07) is 0. The highest BCUT2D eigenvalue weighted by Gasteiger charge is 2.19. The van der Waals surface area contributed by atoms with E-state index in [1.54, 1.807) is 6.92 Å². The molecule has 90 valence electrons. The van der Waals surface area contributed by atoms with Crippen LogP contribution in [-0.2, 0) is 6.54 Å². The second-order valence-corrected chi connectivity index (χ2v) is 4.53. The van der Waals surface area contributed by atoms with E-state index < -0.39 is 0 Å². The number of hydrogen-bond acceptors (Lipinski definition) is 5. The van der Waals surface area contributed by atoms with Crippen molar-refractivity contribution in [2.45, 2.75) is 45.3 Å². The zero-order valence-electron chi connectivity index (χ0n) is 9.65. The summed E-state index contributed by atoms with van der Waals surface area (Å²) >= 11 is 0. The Bertz CT molecular complexity index is 327. The average Bonchev–Trinajstić information content (AvgIpc) is 2.64. The van der Waals surface area contributed by atoms with Crippen molar-refractivity contribution in [1.82, 2.24) is 15.5 Å². The van der Waals surface area contributed by atoms with Crippen LogP contribution in [-0.4, -0.2) is 28.0 Å². The van der Waals surface area contributed by atoms with Crippen molar-refractivity contribution in [3.63, 3.8) is 0 Å². The van der Waals surface area contributed by atoms with E-state index in [4.69, 9.17) is 4.42 Å². The molecule has 0 spiro atoms. The fraction of sp³-hybridized carbons (Fsp3) is 0.818. The highest BCUT2D eigenvalue weighted by Crippen LogP contribution is 2.23. The van der Waals surface area contributed by atoms with Gasteiger partial charge in [0.2, 0.25) is 11.8 Å². The summed E-state index contributed by atoms with van der Waals surface area (Å²) in [6.07, 6.45) is 4.10. The van der Waals surface area contributed by atoms with Crippen LogP contribution < -0.4 is 5.32 Å². The molecule has 16 heavy (non-hydrogen) atoms. The van der Waals surface area contributed by atoms with Crippen molar-refractivity contribution in [2.24, 2.45) is 5.92 Å². The molecule has 1 aromatic heterocycles. The van der Waals surface area contributed by atoms with Crippen molar-refractivity contribution >= 4 is 0 Å². The maximum absolute atomic E-state index is 9.53. The maximum Gasteiger partial charge on any atom is 0.230 e. The Balaban J connectivity index is 1.67. The van der Waals surface area contributed by atoms with Crippen molar-refractivity contribution in [2.75, 3.05) is 6.54 Å². The number of hydrogen-bond donors (Lipinski definition) is 2. The summed E-state index contributed by atoms with van der Waals surface area (Å²) in [7, 11) is 0. The van der Waals surface area contributed by atoms with Gasteiger partial charge in [-0.05, 0) is 31.7 Å². The maximum atomic E-state index is 9.53. The van der Waals surface area contributed by atoms with Crippen LogP contribution in [0, 0.1) is 12.8 Å². The molecular weight excluding hydrogens is 206 g/mol. The van der Waals surface area contributed by atoms with Crippen LogP contribution >= 0.6 is 0 Å². The van der Waals surface area contributed by atoms with E-state index in [-0.39, 0.29) is 6.10 Å². The van der Waals surface area contributed by atoms with Gasteiger partial charge in [0.1, 0.15) is 0 Å². The summed E-state index contributed by atoms with van der Waals surface area (Å²) in [5, 5.41) is 20.5. The fourth-order valence-corrected chi connectivity index (χ4v) is 2.24. The third-order valence-corrected chi connectivity index (χ3v) is 3.03. The first-order valence-corrected chi connectivity index (χ1v) is 5.92. The molecule has 0 aromatic carbocycles. The van der Waals surface area contributed by atoms with Crippen molar-refractivity contribution in [1.29, 1.82) is 0 Å². The monoisotopic (exact) mass is 225 g/mol. The molecule has 1 saturated carbocycles. The van der Waals surface area contributed by atoms with Crippen LogP contribution in [0.2, 0.25) is 0 Å². The lowest BCUT2D eigenvalue weighted by atomic mass is 9.87. The first-order valence-electron chi connectivity index (χ1n) is 5.92. The van der Waals surface area contributed by atoms with Gasteiger partial charge in [-0.15, -0.1) is 10.2 Å². The van der Waals surface area contributed by atoms with Gasteiger partial charge in [-0.3, -0.25) is 0 Å². The summed E-state index contributed by atoms with van der Waals surface area (Å²) in [6.45, 7) is 3.32. The van der Waals surface area contributed by atoms with Gasteiger partial charge >= 0.3 is 0 Å². The Kier molecular flexibility index (Phi) is 3.90. The van der Waals surface area contributed by atoms with Crippen molar-refractivity contribution in [3.05, 3.63) is 11.8 Å². The van der Waals surface area contributed by atoms with Crippen molar-refractivity contribution < 1.29 is 9.52 Å². The topological polar surface area (TPSA) is 71.2 Å². The van der Waals surface area contributed by atoms with Crippen LogP contribution in [0.3, 0.4) is 0 Å². The molecule has 5 nitrogen and oxygen atoms in total. The second-order valence-electron chi connectivity index (χ2n) is 4.53. The van der Waals surface area contributed by atoms with Gasteiger partial charge in [0, 0.05) is 6.92 Å². The molecule has 1 aliphatic rings. The van der Waals surface area contributed by atoms with Gasteiger partial charge in [-0.25, -0.2) is 0 Å². The molecule has 0 radical (unpaired) electrons. The number of aliphatic hydroxyl groups is 1. The Morgan fingerprint density at radius 1 is 1.44 bits per heavy atom. The molecule has 2 unspecified atom stereocenters. The van der Waals surface area contributed by atoms with E-state index in [2.05, 4.69) is 15.5 Å². The van der Waals surface area contributed by atoms with E-state index in [1.165, 1.54) is 6.42 Å². The third kappa shape index (κ3) is 3.28. The van der Waals surface area contributed by atoms with Gasteiger partial charge in [-0.1, -0.05) is 6.42 Å². The fourth-order valence-electron chi connectivity index (χ4n) is 2.24. The number of aliphatic hydroxyl groups excluding tert-OH is 1. The average molecular weight is 225 g/mol. The standard InChI is InChI=1S/C11H19N3O2/c1-8-13-14-11(16-8)7-12-6-9-3-2-4-10(15)5-9/h9-10,12,15H,2-7H2,1H3. The Morgan fingerprint density at radius 3 is 3.00 bits per heavy atom. The zero-order chi connectivity index (χ0) is 11.4. The molecule has 0 saturated heterocycles. The number of aromatic nitrogens is 2. The predicted octanol–water partition coefficient (Wildman–Crippen LogP) is 1.02. The summed E-state index contributed by atoms with van der Waals surface area (Å²) in [5.41, 5.74) is 0.